The minimum absolute atomic E-state index is 0.0303. The second kappa shape index (κ2) is 9.47. The van der Waals surface area contributed by atoms with E-state index in [2.05, 4.69) is 4.90 Å². The third-order valence-corrected chi connectivity index (χ3v) is 6.64. The molecule has 1 aliphatic carbocycles. The zero-order valence-corrected chi connectivity index (χ0v) is 18.0. The zero-order chi connectivity index (χ0) is 20.3. The third kappa shape index (κ3) is 5.19. The fourth-order valence-corrected chi connectivity index (χ4v) is 4.81. The molecule has 1 saturated carbocycles. The highest BCUT2D eigenvalue weighted by atomic mass is 35.5. The molecular weight excluding hydrogens is 399 g/mol. The van der Waals surface area contributed by atoms with Crippen molar-refractivity contribution in [2.45, 2.75) is 63.6 Å². The van der Waals surface area contributed by atoms with E-state index in [9.17, 15) is 9.59 Å². The second-order valence-corrected chi connectivity index (χ2v) is 8.68. The Morgan fingerprint density at radius 1 is 1.18 bits per heavy atom. The number of hydrogen-bond acceptors (Lipinski definition) is 4. The lowest BCUT2D eigenvalue weighted by molar-refractivity contribution is -0.145. The summed E-state index contributed by atoms with van der Waals surface area (Å²) in [7, 11) is 1.91. The average Bonchev–Trinajstić information content (AvgIpc) is 3.11. The molecule has 3 rings (SSSR count). The fourth-order valence-electron chi connectivity index (χ4n) is 4.49. The van der Waals surface area contributed by atoms with Gasteiger partial charge in [-0.15, -0.1) is 0 Å². The number of rotatable bonds is 5. The summed E-state index contributed by atoms with van der Waals surface area (Å²) in [6.45, 7) is 3.13. The lowest BCUT2D eigenvalue weighted by Crippen LogP contribution is -2.53. The highest BCUT2D eigenvalue weighted by molar-refractivity contribution is 6.42. The monoisotopic (exact) mass is 426 g/mol. The first-order valence-electron chi connectivity index (χ1n) is 9.96. The summed E-state index contributed by atoms with van der Waals surface area (Å²) >= 11 is 12.1. The first kappa shape index (κ1) is 21.4. The number of likely N-dealkylation sites (tertiary alicyclic amines) is 1. The van der Waals surface area contributed by atoms with Crippen molar-refractivity contribution in [3.63, 3.8) is 0 Å². The van der Waals surface area contributed by atoms with Crippen LogP contribution in [-0.4, -0.2) is 60.0 Å². The topological polar surface area (TPSA) is 49.9 Å². The maximum atomic E-state index is 12.9. The molecule has 1 aromatic rings. The van der Waals surface area contributed by atoms with Crippen LogP contribution in [0.3, 0.4) is 0 Å². The molecule has 1 amide bonds. The minimum Gasteiger partial charge on any atom is -0.461 e. The molecule has 0 radical (unpaired) electrons. The molecular formula is C21H28Cl2N2O3. The Morgan fingerprint density at radius 3 is 2.64 bits per heavy atom. The van der Waals surface area contributed by atoms with Crippen LogP contribution in [0.4, 0.5) is 0 Å². The van der Waals surface area contributed by atoms with Crippen LogP contribution in [0.15, 0.2) is 18.2 Å². The smallest absolute Gasteiger partial charge is 0.302 e. The van der Waals surface area contributed by atoms with E-state index in [1.807, 2.05) is 18.0 Å². The first-order valence-corrected chi connectivity index (χ1v) is 10.7. The average molecular weight is 427 g/mol. The van der Waals surface area contributed by atoms with Gasteiger partial charge in [-0.3, -0.25) is 14.5 Å². The lowest BCUT2D eigenvalue weighted by atomic mass is 9.88. The molecule has 3 atom stereocenters. The number of carbonyl (C=O) groups is 2. The third-order valence-electron chi connectivity index (χ3n) is 5.90. The molecule has 1 aliphatic heterocycles. The highest BCUT2D eigenvalue weighted by Gasteiger charge is 2.38. The summed E-state index contributed by atoms with van der Waals surface area (Å²) in [5, 5.41) is 0.966. The number of likely N-dealkylation sites (N-methyl/N-ethyl adjacent to an activating group) is 1. The van der Waals surface area contributed by atoms with Crippen molar-refractivity contribution in [1.29, 1.82) is 0 Å². The normalized spacial score (nSPS) is 25.5. The predicted molar refractivity (Wildman–Crippen MR) is 111 cm³/mol. The SMILES string of the molecule is CC(=O)OC1CCN([C@@H]2CCCC[C@H]2N(C)C(=O)Cc2ccc(Cl)c(Cl)c2)C1. The van der Waals surface area contributed by atoms with Gasteiger partial charge in [-0.25, -0.2) is 0 Å². The summed E-state index contributed by atoms with van der Waals surface area (Å²) in [4.78, 5) is 28.5. The summed E-state index contributed by atoms with van der Waals surface area (Å²) in [6, 6.07) is 5.84. The van der Waals surface area contributed by atoms with Crippen molar-refractivity contribution in [2.75, 3.05) is 20.1 Å². The van der Waals surface area contributed by atoms with Gasteiger partial charge < -0.3 is 9.64 Å². The van der Waals surface area contributed by atoms with Gasteiger partial charge in [-0.05, 0) is 37.0 Å². The van der Waals surface area contributed by atoms with Gasteiger partial charge in [0.25, 0.3) is 0 Å². The second-order valence-electron chi connectivity index (χ2n) is 7.86. The highest BCUT2D eigenvalue weighted by Crippen LogP contribution is 2.30. The molecule has 28 heavy (non-hydrogen) atoms. The number of nitrogens with zero attached hydrogens (tertiary/aromatic N) is 2. The van der Waals surface area contributed by atoms with Crippen LogP contribution in [0, 0.1) is 0 Å². The van der Waals surface area contributed by atoms with E-state index < -0.39 is 0 Å². The molecule has 1 unspecified atom stereocenters. The Kier molecular flexibility index (Phi) is 7.24. The molecule has 154 valence electrons. The van der Waals surface area contributed by atoms with E-state index in [0.29, 0.717) is 22.5 Å². The summed E-state index contributed by atoms with van der Waals surface area (Å²) in [5.74, 6) is -0.132. The van der Waals surface area contributed by atoms with Gasteiger partial charge in [0.15, 0.2) is 0 Å². The molecule has 0 N–H and O–H groups in total. The fraction of sp³-hybridized carbons (Fsp3) is 0.619. The maximum absolute atomic E-state index is 12.9. The van der Waals surface area contributed by atoms with Gasteiger partial charge in [0.05, 0.1) is 16.5 Å². The maximum Gasteiger partial charge on any atom is 0.302 e. The van der Waals surface area contributed by atoms with E-state index in [1.54, 1.807) is 12.1 Å². The molecule has 5 nitrogen and oxygen atoms in total. The molecule has 0 bridgehead atoms. The van der Waals surface area contributed by atoms with Gasteiger partial charge in [0.1, 0.15) is 6.10 Å². The molecule has 2 aliphatic rings. The van der Waals surface area contributed by atoms with Crippen molar-refractivity contribution in [2.24, 2.45) is 0 Å². The number of hydrogen-bond donors (Lipinski definition) is 0. The number of esters is 1. The van der Waals surface area contributed by atoms with Crippen molar-refractivity contribution in [1.82, 2.24) is 9.80 Å². The molecule has 1 saturated heterocycles. The standard InChI is InChI=1S/C21H28Cl2N2O3/c1-14(26)28-16-9-10-25(13-16)20-6-4-3-5-19(20)24(2)21(27)12-15-7-8-17(22)18(23)11-15/h7-8,11,16,19-20H,3-6,9-10,12-13H2,1-2H3/t16?,19-,20-/m1/s1. The Hall–Kier alpha value is -1.30. The largest absolute Gasteiger partial charge is 0.461 e. The quantitative estimate of drug-likeness (QED) is 0.668. The predicted octanol–water partition coefficient (Wildman–Crippen LogP) is 3.94. The summed E-state index contributed by atoms with van der Waals surface area (Å²) < 4.78 is 5.39. The van der Waals surface area contributed by atoms with Crippen molar-refractivity contribution >= 4 is 35.1 Å². The number of ether oxygens (including phenoxy) is 1. The van der Waals surface area contributed by atoms with E-state index in [0.717, 1.165) is 44.3 Å². The first-order chi connectivity index (χ1) is 13.3. The Labute approximate surface area is 176 Å². The van der Waals surface area contributed by atoms with Gasteiger partial charge in [0.2, 0.25) is 5.91 Å². The molecule has 1 aromatic carbocycles. The van der Waals surface area contributed by atoms with Crippen LogP contribution in [0.5, 0.6) is 0 Å². The lowest BCUT2D eigenvalue weighted by Gasteiger charge is -2.42. The van der Waals surface area contributed by atoms with Crippen molar-refractivity contribution in [3.8, 4) is 0 Å². The zero-order valence-electron chi connectivity index (χ0n) is 16.5. The number of amides is 1. The van der Waals surface area contributed by atoms with Gasteiger partial charge in [-0.1, -0.05) is 42.1 Å². The molecule has 7 heteroatoms. The Morgan fingerprint density at radius 2 is 1.93 bits per heavy atom. The van der Waals surface area contributed by atoms with Gasteiger partial charge >= 0.3 is 5.97 Å². The van der Waals surface area contributed by atoms with E-state index in [1.165, 1.54) is 13.3 Å². The van der Waals surface area contributed by atoms with E-state index >= 15 is 0 Å². The summed E-state index contributed by atoms with van der Waals surface area (Å²) in [6.07, 6.45) is 5.52. The van der Waals surface area contributed by atoms with Crippen LogP contribution in [0.2, 0.25) is 10.0 Å². The minimum atomic E-state index is -0.221. The molecule has 2 fully saturated rings. The van der Waals surface area contributed by atoms with Crippen molar-refractivity contribution in [3.05, 3.63) is 33.8 Å². The summed E-state index contributed by atoms with van der Waals surface area (Å²) in [5.41, 5.74) is 0.870. The van der Waals surface area contributed by atoms with Crippen LogP contribution < -0.4 is 0 Å². The van der Waals surface area contributed by atoms with Crippen LogP contribution in [0.1, 0.15) is 44.6 Å². The van der Waals surface area contributed by atoms with Gasteiger partial charge in [0, 0.05) is 39.1 Å². The van der Waals surface area contributed by atoms with Crippen molar-refractivity contribution < 1.29 is 14.3 Å². The van der Waals surface area contributed by atoms with Crippen LogP contribution in [0.25, 0.3) is 0 Å². The van der Waals surface area contributed by atoms with E-state index in [4.69, 9.17) is 27.9 Å². The number of carbonyl (C=O) groups excluding carboxylic acids is 2. The molecule has 1 heterocycles. The van der Waals surface area contributed by atoms with Crippen LogP contribution in [-0.2, 0) is 20.7 Å². The van der Waals surface area contributed by atoms with Gasteiger partial charge in [-0.2, -0.15) is 0 Å². The number of benzene rings is 1. The Bertz CT molecular complexity index is 728. The molecule has 0 spiro atoms. The molecule has 0 aromatic heterocycles. The number of halogens is 2. The van der Waals surface area contributed by atoms with E-state index in [-0.39, 0.29) is 24.0 Å². The Balaban J connectivity index is 1.64. The van der Waals surface area contributed by atoms with Crippen LogP contribution >= 0.6 is 23.2 Å².